The number of aliphatic hydroxyl groups excluding tert-OH is 1. The van der Waals surface area contributed by atoms with Crippen LogP contribution in [0.4, 0.5) is 5.69 Å². The fourth-order valence-corrected chi connectivity index (χ4v) is 2.22. The highest BCUT2D eigenvalue weighted by Gasteiger charge is 2.41. The van der Waals surface area contributed by atoms with Crippen LogP contribution in [-0.2, 0) is 4.79 Å². The number of hydrogen-bond acceptors (Lipinski definition) is 3. The molecule has 0 bridgehead atoms. The van der Waals surface area contributed by atoms with Crippen LogP contribution in [0, 0.1) is 5.41 Å². The third kappa shape index (κ3) is 3.81. The molecule has 1 aliphatic rings. The highest BCUT2D eigenvalue weighted by Crippen LogP contribution is 2.44. The molecule has 2 rings (SSSR count). The Bertz CT molecular complexity index is 443. The number of aliphatic hydroxyl groups is 1. The Hall–Kier alpha value is -1.39. The smallest absolute Gasteiger partial charge is 0.228 e. The molecule has 0 aromatic heterocycles. The van der Waals surface area contributed by atoms with Gasteiger partial charge in [0.05, 0.1) is 0 Å². The Morgan fingerprint density at radius 2 is 2.05 bits per heavy atom. The van der Waals surface area contributed by atoms with E-state index in [0.29, 0.717) is 6.42 Å². The molecule has 20 heavy (non-hydrogen) atoms. The van der Waals surface area contributed by atoms with Gasteiger partial charge in [0.2, 0.25) is 5.91 Å². The molecule has 1 aromatic carbocycles. The second-order valence-corrected chi connectivity index (χ2v) is 5.93. The molecule has 1 saturated carbocycles. The number of nitrogens with one attached hydrogen (secondary N) is 1. The van der Waals surface area contributed by atoms with Crippen LogP contribution < -0.4 is 10.2 Å². The first-order chi connectivity index (χ1) is 9.56. The van der Waals surface area contributed by atoms with Gasteiger partial charge in [0.25, 0.3) is 0 Å². The number of hydrogen-bond donors (Lipinski definition) is 2. The van der Waals surface area contributed by atoms with Crippen LogP contribution in [0.2, 0.25) is 0 Å². The number of nitrogens with zero attached hydrogens (tertiary/aromatic N) is 1. The summed E-state index contributed by atoms with van der Waals surface area (Å²) in [5.41, 5.74) is 1.00. The minimum absolute atomic E-state index is 0.0860. The summed E-state index contributed by atoms with van der Waals surface area (Å²) in [6, 6.07) is 9.79. The minimum atomic E-state index is 0.0860. The van der Waals surface area contributed by atoms with Gasteiger partial charge in [-0.15, -0.1) is 0 Å². The van der Waals surface area contributed by atoms with Crippen molar-refractivity contribution in [2.75, 3.05) is 25.1 Å². The molecule has 1 aliphatic carbocycles. The first-order valence-electron chi connectivity index (χ1n) is 7.22. The predicted molar refractivity (Wildman–Crippen MR) is 80.7 cm³/mol. The number of carbonyl (C=O) groups excluding carboxylic acids is 1. The van der Waals surface area contributed by atoms with E-state index in [-0.39, 0.29) is 24.0 Å². The van der Waals surface area contributed by atoms with Crippen molar-refractivity contribution >= 4 is 11.6 Å². The lowest BCUT2D eigenvalue weighted by atomic mass is 10.1. The molecule has 1 atom stereocenters. The monoisotopic (exact) mass is 276 g/mol. The summed E-state index contributed by atoms with van der Waals surface area (Å²) in [7, 11) is 1.81. The Balaban J connectivity index is 1.79. The molecule has 0 saturated heterocycles. The number of para-hydroxylation sites is 1. The number of benzene rings is 1. The molecular formula is C16H24N2O2. The lowest BCUT2D eigenvalue weighted by Crippen LogP contribution is -2.38. The summed E-state index contributed by atoms with van der Waals surface area (Å²) in [6.07, 6.45) is 2.63. The van der Waals surface area contributed by atoms with Gasteiger partial charge in [-0.2, -0.15) is 0 Å². The average molecular weight is 276 g/mol. The fraction of sp³-hybridized carbons (Fsp3) is 0.562. The summed E-state index contributed by atoms with van der Waals surface area (Å²) in [5, 5.41) is 12.6. The number of amides is 1. The molecule has 1 amide bonds. The maximum atomic E-state index is 12.2. The van der Waals surface area contributed by atoms with Gasteiger partial charge in [-0.05, 0) is 31.9 Å². The number of carbonyl (C=O) groups is 1. The normalized spacial score (nSPS) is 17.6. The molecule has 4 nitrogen and oxygen atoms in total. The van der Waals surface area contributed by atoms with Crippen LogP contribution >= 0.6 is 0 Å². The number of anilines is 1. The molecule has 4 heteroatoms. The topological polar surface area (TPSA) is 52.6 Å². The van der Waals surface area contributed by atoms with Crippen molar-refractivity contribution in [3.05, 3.63) is 30.3 Å². The molecule has 0 heterocycles. The van der Waals surface area contributed by atoms with Crippen LogP contribution in [0.15, 0.2) is 30.3 Å². The van der Waals surface area contributed by atoms with E-state index in [9.17, 15) is 9.90 Å². The third-order valence-electron chi connectivity index (χ3n) is 4.12. The summed E-state index contributed by atoms with van der Waals surface area (Å²) >= 11 is 0. The van der Waals surface area contributed by atoms with Crippen molar-refractivity contribution < 1.29 is 9.90 Å². The molecule has 0 spiro atoms. The summed E-state index contributed by atoms with van der Waals surface area (Å²) in [6.45, 7) is 3.06. The van der Waals surface area contributed by atoms with Crippen molar-refractivity contribution in [3.8, 4) is 0 Å². The highest BCUT2D eigenvalue weighted by atomic mass is 16.3. The largest absolute Gasteiger partial charge is 0.396 e. The highest BCUT2D eigenvalue weighted by molar-refractivity contribution is 5.93. The SMILES string of the molecule is CC(CC(=O)N(C)c1ccccc1)NCC1(CO)CC1. The van der Waals surface area contributed by atoms with Crippen LogP contribution in [0.1, 0.15) is 26.2 Å². The third-order valence-corrected chi connectivity index (χ3v) is 4.12. The lowest BCUT2D eigenvalue weighted by Gasteiger charge is -2.22. The van der Waals surface area contributed by atoms with Crippen molar-refractivity contribution in [1.82, 2.24) is 5.32 Å². The van der Waals surface area contributed by atoms with E-state index in [4.69, 9.17) is 0 Å². The predicted octanol–water partition coefficient (Wildman–Crippen LogP) is 1.79. The molecule has 1 unspecified atom stereocenters. The molecule has 0 aliphatic heterocycles. The zero-order valence-corrected chi connectivity index (χ0v) is 12.3. The van der Waals surface area contributed by atoms with E-state index >= 15 is 0 Å². The Kier molecular flexibility index (Phi) is 4.78. The van der Waals surface area contributed by atoms with E-state index in [0.717, 1.165) is 25.1 Å². The van der Waals surface area contributed by atoms with E-state index in [2.05, 4.69) is 5.32 Å². The second-order valence-electron chi connectivity index (χ2n) is 5.93. The van der Waals surface area contributed by atoms with E-state index in [1.165, 1.54) is 0 Å². The van der Waals surface area contributed by atoms with Gasteiger partial charge in [0.1, 0.15) is 0 Å². The molecule has 0 radical (unpaired) electrons. The van der Waals surface area contributed by atoms with Gasteiger partial charge < -0.3 is 15.3 Å². The Morgan fingerprint density at radius 3 is 2.60 bits per heavy atom. The first-order valence-corrected chi connectivity index (χ1v) is 7.22. The number of rotatable bonds is 7. The van der Waals surface area contributed by atoms with Gasteiger partial charge in [0, 0.05) is 43.8 Å². The zero-order valence-electron chi connectivity index (χ0n) is 12.3. The zero-order chi connectivity index (χ0) is 14.6. The van der Waals surface area contributed by atoms with Crippen LogP contribution in [0.25, 0.3) is 0 Å². The van der Waals surface area contributed by atoms with Gasteiger partial charge in [-0.25, -0.2) is 0 Å². The Labute approximate surface area is 120 Å². The van der Waals surface area contributed by atoms with Crippen molar-refractivity contribution in [2.45, 2.75) is 32.2 Å². The fourth-order valence-electron chi connectivity index (χ4n) is 2.22. The van der Waals surface area contributed by atoms with Crippen molar-refractivity contribution in [1.29, 1.82) is 0 Å². The first kappa shape index (κ1) is 15.0. The van der Waals surface area contributed by atoms with Crippen molar-refractivity contribution in [2.24, 2.45) is 5.41 Å². The summed E-state index contributed by atoms with van der Waals surface area (Å²) in [5.74, 6) is 0.102. The molecular weight excluding hydrogens is 252 g/mol. The quantitative estimate of drug-likeness (QED) is 0.798. The second kappa shape index (κ2) is 6.37. The summed E-state index contributed by atoms with van der Waals surface area (Å²) in [4.78, 5) is 13.9. The van der Waals surface area contributed by atoms with Gasteiger partial charge in [-0.3, -0.25) is 4.79 Å². The molecule has 1 aromatic rings. The molecule has 110 valence electrons. The minimum Gasteiger partial charge on any atom is -0.396 e. The van der Waals surface area contributed by atoms with Gasteiger partial charge in [0.15, 0.2) is 0 Å². The van der Waals surface area contributed by atoms with Gasteiger partial charge >= 0.3 is 0 Å². The van der Waals surface area contributed by atoms with Crippen molar-refractivity contribution in [3.63, 3.8) is 0 Å². The van der Waals surface area contributed by atoms with Gasteiger partial charge in [-0.1, -0.05) is 18.2 Å². The van der Waals surface area contributed by atoms with Crippen LogP contribution in [0.3, 0.4) is 0 Å². The molecule has 2 N–H and O–H groups in total. The summed E-state index contributed by atoms with van der Waals surface area (Å²) < 4.78 is 0. The average Bonchev–Trinajstić information content (AvgIpc) is 3.26. The molecule has 1 fully saturated rings. The van der Waals surface area contributed by atoms with Crippen LogP contribution in [-0.4, -0.2) is 37.3 Å². The maximum absolute atomic E-state index is 12.2. The van der Waals surface area contributed by atoms with E-state index < -0.39 is 0 Å². The Morgan fingerprint density at radius 1 is 1.40 bits per heavy atom. The lowest BCUT2D eigenvalue weighted by molar-refractivity contribution is -0.118. The standard InChI is InChI=1S/C16H24N2O2/c1-13(17-11-16(12-19)8-9-16)10-15(20)18(2)14-6-4-3-5-7-14/h3-7,13,17,19H,8-12H2,1-2H3. The van der Waals surface area contributed by atoms with E-state index in [1.54, 1.807) is 11.9 Å². The maximum Gasteiger partial charge on any atom is 0.228 e. The van der Waals surface area contributed by atoms with E-state index in [1.807, 2.05) is 37.3 Å². The van der Waals surface area contributed by atoms with Crippen LogP contribution in [0.5, 0.6) is 0 Å².